The lowest BCUT2D eigenvalue weighted by molar-refractivity contribution is 0.102. The SMILES string of the molecule is Cc1cc(NC(=O)c2cccc(O)c2)cc(C)c1Br. The maximum Gasteiger partial charge on any atom is 0.255 e. The van der Waals surface area contributed by atoms with Gasteiger partial charge in [0.15, 0.2) is 0 Å². The number of benzene rings is 2. The van der Waals surface area contributed by atoms with Crippen LogP contribution in [0.3, 0.4) is 0 Å². The van der Waals surface area contributed by atoms with E-state index < -0.39 is 0 Å². The van der Waals surface area contributed by atoms with Crippen molar-refractivity contribution in [3.05, 3.63) is 57.6 Å². The highest BCUT2D eigenvalue weighted by Gasteiger charge is 2.08. The molecule has 4 heteroatoms. The molecule has 19 heavy (non-hydrogen) atoms. The van der Waals surface area contributed by atoms with Gasteiger partial charge in [-0.1, -0.05) is 22.0 Å². The number of phenolic OH excluding ortho intramolecular Hbond substituents is 1. The molecule has 0 unspecified atom stereocenters. The molecule has 0 heterocycles. The molecule has 0 aliphatic heterocycles. The zero-order valence-electron chi connectivity index (χ0n) is 10.7. The second-order valence-electron chi connectivity index (χ2n) is 4.43. The monoisotopic (exact) mass is 319 g/mol. The van der Waals surface area contributed by atoms with E-state index in [0.717, 1.165) is 21.3 Å². The van der Waals surface area contributed by atoms with Crippen molar-refractivity contribution in [1.82, 2.24) is 0 Å². The zero-order valence-corrected chi connectivity index (χ0v) is 12.3. The molecule has 0 aliphatic carbocycles. The van der Waals surface area contributed by atoms with E-state index in [1.165, 1.54) is 12.1 Å². The highest BCUT2D eigenvalue weighted by atomic mass is 79.9. The quantitative estimate of drug-likeness (QED) is 0.878. The Balaban J connectivity index is 2.24. The summed E-state index contributed by atoms with van der Waals surface area (Å²) in [6, 6.07) is 10.1. The Morgan fingerprint density at radius 1 is 1.16 bits per heavy atom. The van der Waals surface area contributed by atoms with Crippen molar-refractivity contribution >= 4 is 27.5 Å². The van der Waals surface area contributed by atoms with Gasteiger partial charge in [0.25, 0.3) is 5.91 Å². The average Bonchev–Trinajstić information content (AvgIpc) is 2.36. The molecule has 0 saturated heterocycles. The number of phenols is 1. The first-order valence-electron chi connectivity index (χ1n) is 5.84. The molecule has 0 spiro atoms. The number of aromatic hydroxyl groups is 1. The molecule has 0 atom stereocenters. The molecule has 0 aromatic heterocycles. The number of carbonyl (C=O) groups excluding carboxylic acids is 1. The number of nitrogens with one attached hydrogen (secondary N) is 1. The van der Waals surface area contributed by atoms with Gasteiger partial charge in [0.2, 0.25) is 0 Å². The van der Waals surface area contributed by atoms with Crippen LogP contribution in [0.4, 0.5) is 5.69 Å². The molecule has 2 aromatic rings. The third kappa shape index (κ3) is 3.15. The summed E-state index contributed by atoms with van der Waals surface area (Å²) in [6.07, 6.45) is 0. The molecule has 98 valence electrons. The minimum Gasteiger partial charge on any atom is -0.508 e. The first kappa shape index (κ1) is 13.6. The van der Waals surface area contributed by atoms with Gasteiger partial charge in [-0.15, -0.1) is 0 Å². The number of amides is 1. The fraction of sp³-hybridized carbons (Fsp3) is 0.133. The van der Waals surface area contributed by atoms with Gasteiger partial charge in [-0.25, -0.2) is 0 Å². The fourth-order valence-corrected chi connectivity index (χ4v) is 2.10. The van der Waals surface area contributed by atoms with Crippen LogP contribution < -0.4 is 5.32 Å². The van der Waals surface area contributed by atoms with Crippen LogP contribution in [0.25, 0.3) is 0 Å². The van der Waals surface area contributed by atoms with Crippen LogP contribution in [0.1, 0.15) is 21.5 Å². The fourth-order valence-electron chi connectivity index (χ4n) is 1.87. The molecule has 0 saturated carbocycles. The number of halogens is 1. The van der Waals surface area contributed by atoms with Crippen molar-refractivity contribution in [2.24, 2.45) is 0 Å². The van der Waals surface area contributed by atoms with Crippen LogP contribution in [0.5, 0.6) is 5.75 Å². The molecule has 0 radical (unpaired) electrons. The standard InChI is InChI=1S/C15H14BrNO2/c1-9-6-12(7-10(2)14(9)16)17-15(19)11-4-3-5-13(18)8-11/h3-8,18H,1-2H3,(H,17,19). The van der Waals surface area contributed by atoms with Crippen molar-refractivity contribution in [2.45, 2.75) is 13.8 Å². The molecule has 3 nitrogen and oxygen atoms in total. The summed E-state index contributed by atoms with van der Waals surface area (Å²) in [5, 5.41) is 12.2. The van der Waals surface area contributed by atoms with E-state index in [4.69, 9.17) is 0 Å². The zero-order chi connectivity index (χ0) is 14.0. The number of aryl methyl sites for hydroxylation is 2. The first-order valence-corrected chi connectivity index (χ1v) is 6.64. The van der Waals surface area contributed by atoms with Crippen molar-refractivity contribution in [2.75, 3.05) is 5.32 Å². The Hall–Kier alpha value is -1.81. The Morgan fingerprint density at radius 2 is 1.79 bits per heavy atom. The number of rotatable bonds is 2. The van der Waals surface area contributed by atoms with Crippen LogP contribution in [0.15, 0.2) is 40.9 Å². The lowest BCUT2D eigenvalue weighted by Crippen LogP contribution is -2.12. The Kier molecular flexibility index (Phi) is 3.90. The van der Waals surface area contributed by atoms with Crippen LogP contribution >= 0.6 is 15.9 Å². The Bertz CT molecular complexity index is 615. The molecule has 2 aromatic carbocycles. The average molecular weight is 320 g/mol. The van der Waals surface area contributed by atoms with E-state index in [1.807, 2.05) is 26.0 Å². The van der Waals surface area contributed by atoms with Crippen LogP contribution in [0, 0.1) is 13.8 Å². The van der Waals surface area contributed by atoms with Crippen LogP contribution in [-0.4, -0.2) is 11.0 Å². The predicted octanol–water partition coefficient (Wildman–Crippen LogP) is 4.02. The Morgan fingerprint density at radius 3 is 2.37 bits per heavy atom. The molecular weight excluding hydrogens is 306 g/mol. The van der Waals surface area contributed by atoms with Gasteiger partial charge in [-0.2, -0.15) is 0 Å². The lowest BCUT2D eigenvalue weighted by Gasteiger charge is -2.10. The molecule has 2 rings (SSSR count). The number of hydrogen-bond donors (Lipinski definition) is 2. The van der Waals surface area contributed by atoms with Gasteiger partial charge in [0.05, 0.1) is 0 Å². The molecule has 0 fully saturated rings. The minimum absolute atomic E-state index is 0.0795. The molecule has 0 aliphatic rings. The van der Waals surface area contributed by atoms with E-state index in [1.54, 1.807) is 12.1 Å². The number of hydrogen-bond acceptors (Lipinski definition) is 2. The lowest BCUT2D eigenvalue weighted by atomic mass is 10.1. The summed E-state index contributed by atoms with van der Waals surface area (Å²) < 4.78 is 1.04. The normalized spacial score (nSPS) is 10.3. The van der Waals surface area contributed by atoms with E-state index in [0.29, 0.717) is 5.56 Å². The van der Waals surface area contributed by atoms with Gasteiger partial charge in [0.1, 0.15) is 5.75 Å². The van der Waals surface area contributed by atoms with Gasteiger partial charge in [-0.3, -0.25) is 4.79 Å². The molecular formula is C15H14BrNO2. The maximum atomic E-state index is 12.0. The second kappa shape index (κ2) is 5.45. The second-order valence-corrected chi connectivity index (χ2v) is 5.22. The summed E-state index contributed by atoms with van der Waals surface area (Å²) in [5.41, 5.74) is 3.29. The van der Waals surface area contributed by atoms with E-state index >= 15 is 0 Å². The topological polar surface area (TPSA) is 49.3 Å². The largest absolute Gasteiger partial charge is 0.508 e. The summed E-state index contributed by atoms with van der Waals surface area (Å²) in [4.78, 5) is 12.0. The van der Waals surface area contributed by atoms with Crippen molar-refractivity contribution in [3.63, 3.8) is 0 Å². The van der Waals surface area contributed by atoms with Crippen molar-refractivity contribution in [3.8, 4) is 5.75 Å². The van der Waals surface area contributed by atoms with Crippen LogP contribution in [0.2, 0.25) is 0 Å². The highest BCUT2D eigenvalue weighted by molar-refractivity contribution is 9.10. The minimum atomic E-state index is -0.239. The summed E-state index contributed by atoms with van der Waals surface area (Å²) >= 11 is 3.49. The van der Waals surface area contributed by atoms with Gasteiger partial charge in [-0.05, 0) is 55.3 Å². The molecule has 0 bridgehead atoms. The number of carbonyl (C=O) groups is 1. The van der Waals surface area contributed by atoms with Crippen molar-refractivity contribution in [1.29, 1.82) is 0 Å². The molecule has 1 amide bonds. The summed E-state index contributed by atoms with van der Waals surface area (Å²) in [7, 11) is 0. The van der Waals surface area contributed by atoms with Crippen molar-refractivity contribution < 1.29 is 9.90 Å². The number of anilines is 1. The smallest absolute Gasteiger partial charge is 0.255 e. The van der Waals surface area contributed by atoms with Crippen LogP contribution in [-0.2, 0) is 0 Å². The third-order valence-electron chi connectivity index (χ3n) is 2.80. The molecule has 2 N–H and O–H groups in total. The maximum absolute atomic E-state index is 12.0. The van der Waals surface area contributed by atoms with E-state index in [-0.39, 0.29) is 11.7 Å². The van der Waals surface area contributed by atoms with E-state index in [2.05, 4.69) is 21.2 Å². The highest BCUT2D eigenvalue weighted by Crippen LogP contribution is 2.25. The summed E-state index contributed by atoms with van der Waals surface area (Å²) in [5.74, 6) is -0.159. The first-order chi connectivity index (χ1) is 8.97. The van der Waals surface area contributed by atoms with E-state index in [9.17, 15) is 9.90 Å². The third-order valence-corrected chi connectivity index (χ3v) is 4.05. The van der Waals surface area contributed by atoms with Gasteiger partial charge < -0.3 is 10.4 Å². The van der Waals surface area contributed by atoms with Gasteiger partial charge in [0, 0.05) is 15.7 Å². The Labute approximate surface area is 120 Å². The van der Waals surface area contributed by atoms with Gasteiger partial charge >= 0.3 is 0 Å². The predicted molar refractivity (Wildman–Crippen MR) is 79.7 cm³/mol. The summed E-state index contributed by atoms with van der Waals surface area (Å²) in [6.45, 7) is 3.95.